The van der Waals surface area contributed by atoms with Gasteiger partial charge in [0.2, 0.25) is 12.7 Å². The molecule has 0 radical (unpaired) electrons. The lowest BCUT2D eigenvalue weighted by Crippen LogP contribution is -2.41. The molecule has 1 fully saturated rings. The number of ether oxygens (including phenoxy) is 5. The zero-order chi connectivity index (χ0) is 31.1. The van der Waals surface area contributed by atoms with Gasteiger partial charge in [0.05, 0.1) is 26.1 Å². The molecule has 2 aliphatic heterocycles. The predicted molar refractivity (Wildman–Crippen MR) is 147 cm³/mol. The van der Waals surface area contributed by atoms with E-state index >= 15 is 4.39 Å². The molecule has 6 atom stereocenters. The zero-order valence-corrected chi connectivity index (χ0v) is 25.2. The number of carbonyl (C=O) groups excluding carboxylic acids is 1. The highest BCUT2D eigenvalue weighted by Gasteiger charge is 2.56. The second-order valence-corrected chi connectivity index (χ2v) is 12.2. The molecule has 1 aromatic carbocycles. The Morgan fingerprint density at radius 3 is 2.74 bits per heavy atom. The minimum Gasteiger partial charge on any atom is -0.479 e. The van der Waals surface area contributed by atoms with Gasteiger partial charge in [0.15, 0.2) is 34.6 Å². The number of rotatable bonds is 11. The molecule has 3 aromatic rings. The molecule has 0 saturated carbocycles. The third kappa shape index (κ3) is 6.24. The summed E-state index contributed by atoms with van der Waals surface area (Å²) in [6, 6.07) is 3.33. The standard InChI is InChI=1S/C26H33FN5O10P/c1-13(2)40-24(34)14(3)31-43(35,42-16-7-8-17-18(9-16)38-12-37-17)39-10-19-21(33)26(5,27)25(41-19)32-11-28-20-22(32)29-15(4)30-23(20)36-6/h7-9,11,13-14,19,21,25,33H,10,12H2,1-6H3,(H,31,35)/t14-,19+,21+,25+,26+,43+/m0/s1. The zero-order valence-electron chi connectivity index (χ0n) is 24.3. The van der Waals surface area contributed by atoms with Crippen molar-refractivity contribution in [2.45, 2.75) is 70.9 Å². The van der Waals surface area contributed by atoms with E-state index in [9.17, 15) is 14.5 Å². The Bertz CT molecular complexity index is 1550. The summed E-state index contributed by atoms with van der Waals surface area (Å²) in [4.78, 5) is 25.2. The van der Waals surface area contributed by atoms with Crippen LogP contribution >= 0.6 is 7.75 Å². The van der Waals surface area contributed by atoms with Crippen LogP contribution in [0.1, 0.15) is 39.7 Å². The Hall–Kier alpha value is -3.56. The van der Waals surface area contributed by atoms with Gasteiger partial charge in [-0.2, -0.15) is 10.1 Å². The maximum absolute atomic E-state index is 16.1. The molecule has 17 heteroatoms. The second-order valence-electron chi connectivity index (χ2n) is 10.5. The average Bonchev–Trinajstić information content (AvgIpc) is 3.63. The van der Waals surface area contributed by atoms with Gasteiger partial charge in [-0.15, -0.1) is 0 Å². The summed E-state index contributed by atoms with van der Waals surface area (Å²) >= 11 is 0. The summed E-state index contributed by atoms with van der Waals surface area (Å²) in [5, 5.41) is 13.5. The number of esters is 1. The molecule has 0 unspecified atom stereocenters. The summed E-state index contributed by atoms with van der Waals surface area (Å²) in [6.45, 7) is 6.96. The van der Waals surface area contributed by atoms with Crippen LogP contribution in [0.25, 0.3) is 11.2 Å². The largest absolute Gasteiger partial charge is 0.479 e. The van der Waals surface area contributed by atoms with Crippen LogP contribution in [0, 0.1) is 6.92 Å². The van der Waals surface area contributed by atoms with E-state index in [1.165, 1.54) is 37.1 Å². The van der Waals surface area contributed by atoms with Crippen molar-refractivity contribution in [3.63, 3.8) is 0 Å². The fraction of sp³-hybridized carbons (Fsp3) is 0.538. The lowest BCUT2D eigenvalue weighted by molar-refractivity contribution is -0.149. The molecule has 5 rings (SSSR count). The molecule has 0 amide bonds. The number of methoxy groups -OCH3 is 1. The van der Waals surface area contributed by atoms with Crippen molar-refractivity contribution in [3.05, 3.63) is 30.4 Å². The lowest BCUT2D eigenvalue weighted by atomic mass is 9.98. The minimum absolute atomic E-state index is 0.00787. The van der Waals surface area contributed by atoms with Crippen molar-refractivity contribution >= 4 is 24.9 Å². The van der Waals surface area contributed by atoms with E-state index < -0.39 is 56.6 Å². The van der Waals surface area contributed by atoms with Gasteiger partial charge in [-0.3, -0.25) is 13.9 Å². The van der Waals surface area contributed by atoms with E-state index in [4.69, 9.17) is 32.7 Å². The van der Waals surface area contributed by atoms with E-state index in [-0.39, 0.29) is 29.6 Å². The number of halogens is 1. The molecule has 15 nitrogen and oxygen atoms in total. The minimum atomic E-state index is -4.39. The van der Waals surface area contributed by atoms with E-state index in [0.717, 1.165) is 6.92 Å². The summed E-state index contributed by atoms with van der Waals surface area (Å²) in [5.41, 5.74) is -1.87. The second kappa shape index (κ2) is 11.8. The number of hydrogen-bond donors (Lipinski definition) is 2. The molecule has 0 bridgehead atoms. The molecule has 2 aliphatic rings. The predicted octanol–water partition coefficient (Wildman–Crippen LogP) is 2.99. The first kappa shape index (κ1) is 30.9. The topological polar surface area (TPSA) is 175 Å². The summed E-state index contributed by atoms with van der Waals surface area (Å²) < 4.78 is 69.7. The van der Waals surface area contributed by atoms with Gasteiger partial charge in [0, 0.05) is 6.07 Å². The smallest absolute Gasteiger partial charge is 0.459 e. The van der Waals surface area contributed by atoms with E-state index in [2.05, 4.69) is 20.0 Å². The highest BCUT2D eigenvalue weighted by atomic mass is 31.2. The molecule has 0 aliphatic carbocycles. The Balaban J connectivity index is 1.38. The molecule has 0 spiro atoms. The molecule has 1 saturated heterocycles. The number of benzene rings is 1. The van der Waals surface area contributed by atoms with Gasteiger partial charge in [-0.1, -0.05) is 0 Å². The SMILES string of the molecule is COc1nc(C)nc2c1ncn2[C@@H]1O[C@H](CO[P@](=O)(N[C@@H](C)C(=O)OC(C)C)Oc2ccc3c(c2)OCO3)[C@@H](O)[C@@]1(C)F. The number of alkyl halides is 1. The van der Waals surface area contributed by atoms with Crippen LogP contribution in [0.2, 0.25) is 0 Å². The van der Waals surface area contributed by atoms with Gasteiger partial charge >= 0.3 is 13.7 Å². The fourth-order valence-electron chi connectivity index (χ4n) is 4.62. The summed E-state index contributed by atoms with van der Waals surface area (Å²) in [6.07, 6.45) is -3.59. The quantitative estimate of drug-likeness (QED) is 0.235. The summed E-state index contributed by atoms with van der Waals surface area (Å²) in [5.74, 6) is 0.720. The Morgan fingerprint density at radius 2 is 2.02 bits per heavy atom. The van der Waals surface area contributed by atoms with Crippen molar-refractivity contribution in [3.8, 4) is 23.1 Å². The normalized spacial score (nSPS) is 25.1. The first-order chi connectivity index (χ1) is 20.3. The number of aliphatic hydroxyl groups is 1. The van der Waals surface area contributed by atoms with Crippen molar-refractivity contribution in [1.29, 1.82) is 0 Å². The van der Waals surface area contributed by atoms with E-state index in [0.29, 0.717) is 17.3 Å². The number of aromatic nitrogens is 4. The van der Waals surface area contributed by atoms with Gasteiger partial charge < -0.3 is 33.3 Å². The average molecular weight is 626 g/mol. The van der Waals surface area contributed by atoms with Crippen LogP contribution in [0.15, 0.2) is 24.5 Å². The fourth-order valence-corrected chi connectivity index (χ4v) is 6.11. The number of aryl methyl sites for hydroxylation is 1. The van der Waals surface area contributed by atoms with Gasteiger partial charge in [-0.05, 0) is 46.8 Å². The highest BCUT2D eigenvalue weighted by molar-refractivity contribution is 7.52. The van der Waals surface area contributed by atoms with Crippen molar-refractivity contribution in [2.75, 3.05) is 20.5 Å². The van der Waals surface area contributed by atoms with Crippen LogP contribution in [-0.2, 0) is 23.4 Å². The molecule has 2 N–H and O–H groups in total. The van der Waals surface area contributed by atoms with Crippen molar-refractivity contribution < 1.29 is 51.6 Å². The number of carbonyl (C=O) groups is 1. The van der Waals surface area contributed by atoms with Gasteiger partial charge in [0.25, 0.3) is 0 Å². The van der Waals surface area contributed by atoms with Crippen LogP contribution in [0.4, 0.5) is 4.39 Å². The Labute approximate surface area is 246 Å². The summed E-state index contributed by atoms with van der Waals surface area (Å²) in [7, 11) is -2.97. The molecular weight excluding hydrogens is 592 g/mol. The molecule has 2 aromatic heterocycles. The third-order valence-electron chi connectivity index (χ3n) is 6.70. The maximum Gasteiger partial charge on any atom is 0.459 e. The molecule has 4 heterocycles. The van der Waals surface area contributed by atoms with Crippen molar-refractivity contribution in [1.82, 2.24) is 24.6 Å². The third-order valence-corrected chi connectivity index (χ3v) is 8.34. The first-order valence-corrected chi connectivity index (χ1v) is 14.9. The van der Waals surface area contributed by atoms with Crippen LogP contribution < -0.4 is 23.8 Å². The number of hydrogen-bond acceptors (Lipinski definition) is 13. The van der Waals surface area contributed by atoms with Crippen LogP contribution in [0.5, 0.6) is 23.1 Å². The number of imidazole rings is 1. The number of nitrogens with zero attached hydrogens (tertiary/aromatic N) is 4. The van der Waals surface area contributed by atoms with Gasteiger partial charge in [-0.25, -0.2) is 18.9 Å². The molecule has 43 heavy (non-hydrogen) atoms. The Morgan fingerprint density at radius 1 is 1.28 bits per heavy atom. The van der Waals surface area contributed by atoms with E-state index in [1.807, 2.05) is 0 Å². The molecular formula is C26H33FN5O10P. The van der Waals surface area contributed by atoms with Crippen molar-refractivity contribution in [2.24, 2.45) is 0 Å². The number of aliphatic hydroxyl groups excluding tert-OH is 1. The van der Waals surface area contributed by atoms with E-state index in [1.54, 1.807) is 26.8 Å². The lowest BCUT2D eigenvalue weighted by Gasteiger charge is -2.25. The highest BCUT2D eigenvalue weighted by Crippen LogP contribution is 2.49. The van der Waals surface area contributed by atoms with Gasteiger partial charge in [0.1, 0.15) is 29.8 Å². The van der Waals surface area contributed by atoms with Crippen LogP contribution in [0.3, 0.4) is 0 Å². The van der Waals surface area contributed by atoms with Crippen LogP contribution in [-0.4, -0.2) is 81.1 Å². The number of nitrogens with one attached hydrogen (secondary N) is 1. The maximum atomic E-state index is 16.1. The number of fused-ring (bicyclic) bond motifs is 2. The Kier molecular flexibility index (Phi) is 8.51. The first-order valence-electron chi connectivity index (χ1n) is 13.4. The molecule has 234 valence electrons. The monoisotopic (exact) mass is 625 g/mol.